The highest BCUT2D eigenvalue weighted by Gasteiger charge is 2.26. The lowest BCUT2D eigenvalue weighted by Gasteiger charge is -2.16. The van der Waals surface area contributed by atoms with Gasteiger partial charge in [-0.3, -0.25) is 0 Å². The third-order valence-corrected chi connectivity index (χ3v) is 19.0. The molecule has 0 spiro atoms. The van der Waals surface area contributed by atoms with Gasteiger partial charge in [0, 0.05) is 45.9 Å². The molecule has 13 rings (SSSR count). The Labute approximate surface area is 586 Å². The number of para-hydroxylation sites is 3. The second-order valence-corrected chi connectivity index (χ2v) is 27.6. The highest BCUT2D eigenvalue weighted by Crippen LogP contribution is 2.31. The molecule has 0 aliphatic rings. The number of imidazole rings is 5. The van der Waals surface area contributed by atoms with Crippen LogP contribution in [-0.2, 0) is 42.3 Å². The Balaban J connectivity index is 0.000000145. The van der Waals surface area contributed by atoms with Crippen molar-refractivity contribution in [2.75, 3.05) is 0 Å². The van der Waals surface area contributed by atoms with Crippen LogP contribution in [0.15, 0.2) is 232 Å². The second-order valence-electron chi connectivity index (χ2n) is 27.6. The Morgan fingerprint density at radius 2 is 0.592 bits per heavy atom. The predicted molar refractivity (Wildman–Crippen MR) is 406 cm³/mol. The van der Waals surface area contributed by atoms with Gasteiger partial charge in [-0.15, -0.1) is 0 Å². The molecule has 8 aromatic carbocycles. The van der Waals surface area contributed by atoms with Crippen molar-refractivity contribution in [2.45, 2.75) is 129 Å². The summed E-state index contributed by atoms with van der Waals surface area (Å²) < 4.78 is 22.2. The van der Waals surface area contributed by atoms with Crippen LogP contribution in [0.3, 0.4) is 0 Å². The van der Waals surface area contributed by atoms with Gasteiger partial charge in [0.2, 0.25) is 25.3 Å². The third kappa shape index (κ3) is 16.3. The number of benzene rings is 8. The fourth-order valence-corrected chi connectivity index (χ4v) is 13.4. The summed E-state index contributed by atoms with van der Waals surface area (Å²) >= 11 is 0. The predicted octanol–water partition coefficient (Wildman–Crippen LogP) is 18.3. The van der Waals surface area contributed by atoms with Crippen LogP contribution >= 0.6 is 0 Å². The first kappa shape index (κ1) is 72.1. The fourth-order valence-electron chi connectivity index (χ4n) is 13.4. The van der Waals surface area contributed by atoms with Crippen molar-refractivity contribution in [1.29, 1.82) is 0 Å². The average Bonchev–Trinajstić information content (AvgIpc) is 1.60. The topological polar surface area (TPSA) is 44.0 Å². The molecule has 0 aliphatic heterocycles. The van der Waals surface area contributed by atoms with E-state index >= 15 is 0 Å². The van der Waals surface area contributed by atoms with E-state index < -0.39 is 0 Å². The van der Waals surface area contributed by atoms with Gasteiger partial charge in [-0.2, -0.15) is 4.57 Å². The van der Waals surface area contributed by atoms with Crippen LogP contribution in [0.1, 0.15) is 126 Å². The van der Waals surface area contributed by atoms with E-state index in [2.05, 4.69) is 424 Å². The number of nitrogens with zero attached hydrogens (tertiary/aromatic N) is 10. The van der Waals surface area contributed by atoms with Gasteiger partial charge in [-0.25, -0.2) is 41.1 Å². The maximum Gasteiger partial charge on any atom is 0.258 e. The van der Waals surface area contributed by atoms with E-state index in [1.54, 1.807) is 0 Å². The lowest BCUT2D eigenvalue weighted by atomic mass is 9.92. The largest absolute Gasteiger partial charge is 0.258 e. The van der Waals surface area contributed by atoms with E-state index in [0.29, 0.717) is 17.9 Å². The molecule has 13 aromatic rings. The number of rotatable bonds is 11. The molecule has 504 valence electrons. The number of aromatic nitrogens is 10. The van der Waals surface area contributed by atoms with Crippen molar-refractivity contribution < 1.29 is 22.8 Å². The van der Waals surface area contributed by atoms with Crippen molar-refractivity contribution in [1.82, 2.24) is 22.8 Å². The molecule has 5 aromatic heterocycles. The van der Waals surface area contributed by atoms with Gasteiger partial charge in [0.25, 0.3) is 5.82 Å². The summed E-state index contributed by atoms with van der Waals surface area (Å²) in [6.07, 6.45) is 19.7. The summed E-state index contributed by atoms with van der Waals surface area (Å²) in [6, 6.07) is 62.7. The maximum atomic E-state index is 2.31. The van der Waals surface area contributed by atoms with E-state index in [9.17, 15) is 0 Å². The van der Waals surface area contributed by atoms with Gasteiger partial charge in [0.15, 0.2) is 28.5 Å². The van der Waals surface area contributed by atoms with Gasteiger partial charge in [0.1, 0.15) is 48.0 Å². The molecule has 0 saturated carbocycles. The normalized spacial score (nSPS) is 11.0. The zero-order valence-corrected chi connectivity index (χ0v) is 62.6. The van der Waals surface area contributed by atoms with Gasteiger partial charge in [0.05, 0.1) is 48.3 Å². The maximum absolute atomic E-state index is 2.31. The van der Waals surface area contributed by atoms with Crippen LogP contribution in [0.4, 0.5) is 0 Å². The molecule has 98 heavy (non-hydrogen) atoms. The number of hydrogen-bond donors (Lipinski definition) is 0. The molecule has 0 aliphatic carbocycles. The van der Waals surface area contributed by atoms with Crippen LogP contribution in [0.2, 0.25) is 0 Å². The molecule has 0 radical (unpaired) electrons. The van der Waals surface area contributed by atoms with E-state index in [1.165, 1.54) is 140 Å². The molecule has 0 bridgehead atoms. The summed E-state index contributed by atoms with van der Waals surface area (Å²) in [4.78, 5) is 0. The van der Waals surface area contributed by atoms with Crippen LogP contribution in [0.25, 0.3) is 73.3 Å². The second kappa shape index (κ2) is 31.8. The van der Waals surface area contributed by atoms with Crippen LogP contribution < -0.4 is 22.8 Å². The number of hydrogen-bond acceptors (Lipinski definition) is 0. The van der Waals surface area contributed by atoms with Crippen molar-refractivity contribution in [3.8, 4) is 73.3 Å². The molecular weight excluding hydrogens is 1200 g/mol. The summed E-state index contributed by atoms with van der Waals surface area (Å²) in [5.74, 6) is 2.21. The smallest absolute Gasteiger partial charge is 0.239 e. The number of aryl methyl sites for hydroxylation is 14. The molecule has 10 heteroatoms. The van der Waals surface area contributed by atoms with E-state index in [4.69, 9.17) is 0 Å². The zero-order valence-electron chi connectivity index (χ0n) is 62.6. The summed E-state index contributed by atoms with van der Waals surface area (Å²) in [7, 11) is 12.6. The van der Waals surface area contributed by atoms with Gasteiger partial charge in [-0.1, -0.05) is 204 Å². The van der Waals surface area contributed by atoms with Crippen molar-refractivity contribution in [3.05, 3.63) is 299 Å². The molecule has 5 heterocycles. The molecule has 0 unspecified atom stereocenters. The lowest BCUT2D eigenvalue weighted by Crippen LogP contribution is -2.34. The van der Waals surface area contributed by atoms with Crippen LogP contribution in [-0.4, -0.2) is 22.8 Å². The minimum atomic E-state index is 0.489. The molecule has 0 saturated heterocycles. The van der Waals surface area contributed by atoms with Gasteiger partial charge >= 0.3 is 0 Å². The summed E-state index contributed by atoms with van der Waals surface area (Å²) in [6.45, 7) is 35.1. The Hall–Kier alpha value is -10.2. The van der Waals surface area contributed by atoms with E-state index in [1.807, 2.05) is 7.05 Å². The van der Waals surface area contributed by atoms with Crippen LogP contribution in [0.5, 0.6) is 0 Å². The monoisotopic (exact) mass is 1300 g/mol. The Bertz CT molecular complexity index is 4810. The van der Waals surface area contributed by atoms with Crippen molar-refractivity contribution in [3.63, 3.8) is 0 Å². The molecule has 0 amide bonds. The van der Waals surface area contributed by atoms with E-state index in [-0.39, 0.29) is 0 Å². The Morgan fingerprint density at radius 1 is 0.286 bits per heavy atom. The highest BCUT2D eigenvalue weighted by molar-refractivity contribution is 5.66. The molecule has 10 nitrogen and oxygen atoms in total. The van der Waals surface area contributed by atoms with E-state index in [0.717, 1.165) is 0 Å². The molecule has 0 fully saturated rings. The molecule has 0 atom stereocenters. The average molecular weight is 1300 g/mol. The standard InChI is InChI=1S/C23H29N2.C20H23N2.C19H21N2.C14H19N2.C12H15N2/c1-16(2)19-12-9-13-20(17(3)4)23(19)25-14-22(24(6)15-25)21-11-8-7-10-18(21)5;1-14-9-6-7-12-18(14)19-13-22(17(4)21(19)5)20-15(2)10-8-11-16(20)3;1-14-8-5-6-11-17(14)18-12-21(13-20(18)4)19-15(2)9-7-10-16(19)3;1-11(2)16-9-14(15(4)10-16)13-8-6-5-7-12(13)3;1-10-6-4-5-7-11(10)12-8-13(2)9-14(12)3/h7-17H,1-6H3;6-13H,1-5H3;5-13H,1-4H3;5-11H,1-4H3;4-9H,1-3H3/q5*+1. The first-order valence-corrected chi connectivity index (χ1v) is 34.6. The highest BCUT2D eigenvalue weighted by atomic mass is 15.2. The Kier molecular flexibility index (Phi) is 23.4. The first-order chi connectivity index (χ1) is 46.7. The first-order valence-electron chi connectivity index (χ1n) is 34.6. The van der Waals surface area contributed by atoms with Crippen LogP contribution in [0, 0.1) is 69.2 Å². The third-order valence-electron chi connectivity index (χ3n) is 19.0. The van der Waals surface area contributed by atoms with Crippen molar-refractivity contribution in [2.24, 2.45) is 42.3 Å². The molecule has 0 N–H and O–H groups in total. The Morgan fingerprint density at radius 3 is 0.939 bits per heavy atom. The SMILES string of the molecule is Cc1ccccc1-c1c[n+](-c2c(C(C)C)cccc2C(C)C)cn1C.Cc1ccccc1-c1c[n+](-c2c(C)cccc2C)c(C)n1C.Cc1ccccc1-c1c[n+](-c2c(C)cccc2C)cn1C.Cc1ccccc1-c1c[n+](C(C)C)cn1C.Cc1ccccc1-c1c[n+](C)cn1C. The summed E-state index contributed by atoms with van der Waals surface area (Å²) in [5.41, 5.74) is 31.1. The van der Waals surface area contributed by atoms with Crippen molar-refractivity contribution >= 4 is 0 Å². The van der Waals surface area contributed by atoms with Gasteiger partial charge < -0.3 is 0 Å². The molecular formula is C88H107N10+5. The zero-order chi connectivity index (χ0) is 70.8. The lowest BCUT2D eigenvalue weighted by molar-refractivity contribution is -0.715. The minimum Gasteiger partial charge on any atom is -0.239 e. The van der Waals surface area contributed by atoms with Gasteiger partial charge in [-0.05, 0) is 138 Å². The quantitative estimate of drug-likeness (QED) is 0.116. The summed E-state index contributed by atoms with van der Waals surface area (Å²) in [5, 5.41) is 0. The minimum absolute atomic E-state index is 0.489. The fraction of sp³-hybridized carbons (Fsp3) is 0.284.